The normalized spacial score (nSPS) is 10.6. The predicted octanol–water partition coefficient (Wildman–Crippen LogP) is 4.20. The molecule has 0 aliphatic carbocycles. The topological polar surface area (TPSA) is 87.6 Å². The lowest BCUT2D eigenvalue weighted by Crippen LogP contribution is -2.18. The molecular weight excluding hydrogens is 443 g/mol. The minimum Gasteiger partial charge on any atom is -0.496 e. The molecule has 0 radical (unpaired) electrons. The second-order valence-electron chi connectivity index (χ2n) is 6.93. The first-order valence-electron chi connectivity index (χ1n) is 10.2. The molecule has 0 fully saturated rings. The molecule has 0 aliphatic heterocycles. The number of methoxy groups -OCH3 is 4. The molecule has 1 amide bonds. The number of hydrogen-bond acceptors (Lipinski definition) is 7. The summed E-state index contributed by atoms with van der Waals surface area (Å²) in [7, 11) is 5.98. The Labute approximate surface area is 196 Å². The molecule has 0 spiro atoms. The third kappa shape index (κ3) is 5.94. The molecule has 8 nitrogen and oxygen atoms in total. The van der Waals surface area contributed by atoms with E-state index in [2.05, 4.69) is 10.5 Å². The maximum Gasteiger partial charge on any atom is 0.271 e. The van der Waals surface area contributed by atoms with Crippen molar-refractivity contribution in [2.24, 2.45) is 5.10 Å². The number of hydrazone groups is 1. The molecule has 0 aliphatic rings. The summed E-state index contributed by atoms with van der Waals surface area (Å²) in [5.74, 6) is 1.47. The lowest BCUT2D eigenvalue weighted by Gasteiger charge is -2.13. The van der Waals surface area contributed by atoms with Crippen molar-refractivity contribution in [2.45, 2.75) is 6.61 Å². The van der Waals surface area contributed by atoms with Gasteiger partial charge >= 0.3 is 0 Å². The fraction of sp³-hybridized carbons (Fsp3) is 0.200. The number of rotatable bonds is 10. The summed E-state index contributed by atoms with van der Waals surface area (Å²) in [5, 5.41) is 4.04. The minimum atomic E-state index is -0.455. The summed E-state index contributed by atoms with van der Waals surface area (Å²) in [4.78, 5) is 12.6. The Morgan fingerprint density at radius 2 is 1.53 bits per heavy atom. The van der Waals surface area contributed by atoms with E-state index in [-0.39, 0.29) is 18.0 Å². The summed E-state index contributed by atoms with van der Waals surface area (Å²) >= 11 is 0. The molecule has 0 aromatic heterocycles. The first-order valence-corrected chi connectivity index (χ1v) is 10.2. The molecular formula is C25H25FN2O6. The van der Waals surface area contributed by atoms with E-state index in [0.29, 0.717) is 34.3 Å². The van der Waals surface area contributed by atoms with Gasteiger partial charge in [0.05, 0.1) is 34.7 Å². The van der Waals surface area contributed by atoms with E-state index in [9.17, 15) is 9.18 Å². The second-order valence-corrected chi connectivity index (χ2v) is 6.93. The van der Waals surface area contributed by atoms with Crippen LogP contribution in [0.1, 0.15) is 21.5 Å². The molecule has 0 saturated heterocycles. The van der Waals surface area contributed by atoms with Gasteiger partial charge in [0.25, 0.3) is 5.91 Å². The number of ether oxygens (including phenoxy) is 5. The van der Waals surface area contributed by atoms with Gasteiger partial charge in [-0.05, 0) is 60.2 Å². The van der Waals surface area contributed by atoms with Crippen LogP contribution in [-0.4, -0.2) is 40.6 Å². The molecule has 3 rings (SSSR count). The third-order valence-corrected chi connectivity index (χ3v) is 4.82. The number of benzene rings is 3. The lowest BCUT2D eigenvalue weighted by molar-refractivity contribution is 0.0954. The van der Waals surface area contributed by atoms with Gasteiger partial charge in [0.2, 0.25) is 5.75 Å². The molecule has 178 valence electrons. The lowest BCUT2D eigenvalue weighted by atomic mass is 10.1. The third-order valence-electron chi connectivity index (χ3n) is 4.82. The summed E-state index contributed by atoms with van der Waals surface area (Å²) in [6.07, 6.45) is 1.50. The highest BCUT2D eigenvalue weighted by Crippen LogP contribution is 2.38. The van der Waals surface area contributed by atoms with Crippen LogP contribution in [0.5, 0.6) is 28.7 Å². The van der Waals surface area contributed by atoms with E-state index in [1.165, 1.54) is 51.8 Å². The molecule has 0 bridgehead atoms. The van der Waals surface area contributed by atoms with E-state index >= 15 is 0 Å². The Bertz CT molecular complexity index is 1140. The van der Waals surface area contributed by atoms with E-state index in [1.807, 2.05) is 6.07 Å². The molecule has 3 aromatic carbocycles. The van der Waals surface area contributed by atoms with Gasteiger partial charge in [-0.15, -0.1) is 0 Å². The highest BCUT2D eigenvalue weighted by Gasteiger charge is 2.16. The van der Waals surface area contributed by atoms with Crippen LogP contribution >= 0.6 is 0 Å². The van der Waals surface area contributed by atoms with Gasteiger partial charge < -0.3 is 23.7 Å². The molecule has 0 saturated carbocycles. The Hall–Kier alpha value is -4.27. The van der Waals surface area contributed by atoms with Crippen molar-refractivity contribution in [2.75, 3.05) is 28.4 Å². The number of hydrogen-bond donors (Lipinski definition) is 1. The van der Waals surface area contributed by atoms with Crippen LogP contribution in [0.4, 0.5) is 4.39 Å². The Kier molecular flexibility index (Phi) is 8.28. The van der Waals surface area contributed by atoms with Crippen molar-refractivity contribution in [3.05, 3.63) is 77.1 Å². The monoisotopic (exact) mass is 468 g/mol. The van der Waals surface area contributed by atoms with Gasteiger partial charge in [-0.3, -0.25) is 4.79 Å². The van der Waals surface area contributed by atoms with Crippen molar-refractivity contribution in [1.29, 1.82) is 0 Å². The molecule has 0 atom stereocenters. The summed E-state index contributed by atoms with van der Waals surface area (Å²) in [5.41, 5.74) is 4.23. The summed E-state index contributed by atoms with van der Waals surface area (Å²) in [6, 6.07) is 14.2. The average molecular weight is 468 g/mol. The van der Waals surface area contributed by atoms with Crippen LogP contribution in [-0.2, 0) is 6.61 Å². The molecule has 34 heavy (non-hydrogen) atoms. The first-order chi connectivity index (χ1) is 16.5. The van der Waals surface area contributed by atoms with Crippen LogP contribution in [0.15, 0.2) is 59.7 Å². The minimum absolute atomic E-state index is 0.203. The Morgan fingerprint density at radius 3 is 2.12 bits per heavy atom. The maximum atomic E-state index is 13.1. The number of carbonyl (C=O) groups is 1. The van der Waals surface area contributed by atoms with Crippen molar-refractivity contribution >= 4 is 12.1 Å². The van der Waals surface area contributed by atoms with Crippen molar-refractivity contribution in [1.82, 2.24) is 5.43 Å². The van der Waals surface area contributed by atoms with Gasteiger partial charge in [-0.2, -0.15) is 5.10 Å². The van der Waals surface area contributed by atoms with Gasteiger partial charge in [0.1, 0.15) is 23.9 Å². The zero-order valence-electron chi connectivity index (χ0n) is 19.3. The maximum absolute atomic E-state index is 13.1. The largest absolute Gasteiger partial charge is 0.496 e. The zero-order valence-corrected chi connectivity index (χ0v) is 19.3. The molecule has 0 heterocycles. The SMILES string of the molecule is COc1ccc(/C=N/NC(=O)c2cc(OC)c(OC)c(OC)c2)cc1COc1ccc(F)cc1. The van der Waals surface area contributed by atoms with Crippen molar-refractivity contribution in [3.63, 3.8) is 0 Å². The van der Waals surface area contributed by atoms with Crippen LogP contribution in [0.3, 0.4) is 0 Å². The van der Waals surface area contributed by atoms with Crippen LogP contribution in [0.2, 0.25) is 0 Å². The fourth-order valence-corrected chi connectivity index (χ4v) is 3.13. The quantitative estimate of drug-likeness (QED) is 0.354. The van der Waals surface area contributed by atoms with Crippen molar-refractivity contribution in [3.8, 4) is 28.7 Å². The highest BCUT2D eigenvalue weighted by molar-refractivity contribution is 5.96. The number of carbonyl (C=O) groups excluding carboxylic acids is 1. The smallest absolute Gasteiger partial charge is 0.271 e. The van der Waals surface area contributed by atoms with Gasteiger partial charge in [0, 0.05) is 11.1 Å². The average Bonchev–Trinajstić information content (AvgIpc) is 2.87. The van der Waals surface area contributed by atoms with Crippen molar-refractivity contribution < 1.29 is 32.9 Å². The van der Waals surface area contributed by atoms with Gasteiger partial charge in [-0.1, -0.05) is 0 Å². The second kappa shape index (κ2) is 11.6. The number of nitrogens with one attached hydrogen (secondary N) is 1. The highest BCUT2D eigenvalue weighted by atomic mass is 19.1. The summed E-state index contributed by atoms with van der Waals surface area (Å²) < 4.78 is 40.0. The summed E-state index contributed by atoms with van der Waals surface area (Å²) in [6.45, 7) is 0.203. The van der Waals surface area contributed by atoms with E-state index in [4.69, 9.17) is 23.7 Å². The van der Waals surface area contributed by atoms with Crippen LogP contribution in [0.25, 0.3) is 0 Å². The zero-order chi connectivity index (χ0) is 24.5. The predicted molar refractivity (Wildman–Crippen MR) is 125 cm³/mol. The van der Waals surface area contributed by atoms with Crippen LogP contribution in [0, 0.1) is 5.82 Å². The molecule has 1 N–H and O–H groups in total. The van der Waals surface area contributed by atoms with Gasteiger partial charge in [-0.25, -0.2) is 9.82 Å². The Balaban J connectivity index is 1.71. The van der Waals surface area contributed by atoms with Gasteiger partial charge in [0.15, 0.2) is 11.5 Å². The number of nitrogens with zero attached hydrogens (tertiary/aromatic N) is 1. The van der Waals surface area contributed by atoms with E-state index < -0.39 is 5.91 Å². The fourth-order valence-electron chi connectivity index (χ4n) is 3.13. The van der Waals surface area contributed by atoms with E-state index in [0.717, 1.165) is 5.56 Å². The molecule has 9 heteroatoms. The number of amides is 1. The van der Waals surface area contributed by atoms with E-state index in [1.54, 1.807) is 31.4 Å². The number of halogens is 1. The molecule has 0 unspecified atom stereocenters. The molecule has 3 aromatic rings. The standard InChI is InChI=1S/C25H25FN2O6/c1-30-21-10-5-16(11-18(21)15-34-20-8-6-19(26)7-9-20)14-27-28-25(29)17-12-22(31-2)24(33-4)23(13-17)32-3/h5-14H,15H2,1-4H3,(H,28,29)/b27-14+. The Morgan fingerprint density at radius 1 is 0.882 bits per heavy atom. The van der Waals surface area contributed by atoms with Crippen LogP contribution < -0.4 is 29.1 Å². The first kappa shape index (κ1) is 24.4.